The normalized spacial score (nSPS) is 33.3. The lowest BCUT2D eigenvalue weighted by Gasteiger charge is -2.36. The molecule has 11 heavy (non-hydrogen) atoms. The van der Waals surface area contributed by atoms with Gasteiger partial charge in [0.1, 0.15) is 12.3 Å². The Hall–Kier alpha value is -0.160. The van der Waals surface area contributed by atoms with E-state index >= 15 is 0 Å². The van der Waals surface area contributed by atoms with Gasteiger partial charge in [-0.3, -0.25) is 0 Å². The van der Waals surface area contributed by atoms with Crippen LogP contribution >= 0.6 is 0 Å². The van der Waals surface area contributed by atoms with Crippen molar-refractivity contribution in [3.63, 3.8) is 0 Å². The maximum Gasteiger partial charge on any atom is 0.163 e. The summed E-state index contributed by atoms with van der Waals surface area (Å²) in [4.78, 5) is 0. The lowest BCUT2D eigenvalue weighted by Crippen LogP contribution is -2.47. The van der Waals surface area contributed by atoms with E-state index in [1.165, 1.54) is 0 Å². The van der Waals surface area contributed by atoms with Crippen molar-refractivity contribution in [2.75, 3.05) is 6.61 Å². The molecule has 0 unspecified atom stereocenters. The summed E-state index contributed by atoms with van der Waals surface area (Å²) in [7, 11) is 0. The molecule has 0 saturated carbocycles. The van der Waals surface area contributed by atoms with E-state index in [9.17, 15) is 0 Å². The summed E-state index contributed by atoms with van der Waals surface area (Å²) in [5.41, 5.74) is 5.26. The highest BCUT2D eigenvalue weighted by molar-refractivity contribution is 4.71. The molecular weight excluding hydrogens is 146 g/mol. The number of nitrogens with two attached hydrogens (primary N) is 1. The van der Waals surface area contributed by atoms with Gasteiger partial charge >= 0.3 is 0 Å². The predicted octanol–water partition coefficient (Wildman–Crippen LogP) is -0.195. The smallest absolute Gasteiger partial charge is 0.163 e. The highest BCUT2D eigenvalue weighted by atomic mass is 16.7. The van der Waals surface area contributed by atoms with E-state index in [-0.39, 0.29) is 6.10 Å². The molecule has 4 heteroatoms. The second kappa shape index (κ2) is 3.06. The molecular formula is C7H15NO3. The predicted molar refractivity (Wildman–Crippen MR) is 39.7 cm³/mol. The van der Waals surface area contributed by atoms with Gasteiger partial charge in [-0.05, 0) is 13.8 Å². The van der Waals surface area contributed by atoms with Gasteiger partial charge in [0.25, 0.3) is 0 Å². The minimum absolute atomic E-state index is 0.293. The molecule has 1 fully saturated rings. The van der Waals surface area contributed by atoms with Crippen LogP contribution in [0.2, 0.25) is 0 Å². The Balaban J connectivity index is 2.46. The Kier molecular flexibility index (Phi) is 2.49. The highest BCUT2D eigenvalue weighted by Gasteiger charge is 2.31. The fraction of sp³-hybridized carbons (Fsp3) is 1.00. The maximum atomic E-state index is 9.01. The van der Waals surface area contributed by atoms with E-state index in [4.69, 9.17) is 20.3 Å². The van der Waals surface area contributed by atoms with E-state index in [0.717, 1.165) is 0 Å². The van der Waals surface area contributed by atoms with Crippen LogP contribution in [0.3, 0.4) is 0 Å². The SMILES string of the molecule is CC1(C)OCC[C@@H]([C@@H](N)O)O1. The van der Waals surface area contributed by atoms with Crippen LogP contribution in [0.25, 0.3) is 0 Å². The zero-order valence-electron chi connectivity index (χ0n) is 6.91. The van der Waals surface area contributed by atoms with Crippen LogP contribution in [-0.2, 0) is 9.47 Å². The lowest BCUT2D eigenvalue weighted by atomic mass is 10.2. The Bertz CT molecular complexity index is 136. The Morgan fingerprint density at radius 3 is 2.64 bits per heavy atom. The second-order valence-corrected chi connectivity index (χ2v) is 3.18. The molecule has 1 aliphatic rings. The molecule has 0 aliphatic carbocycles. The van der Waals surface area contributed by atoms with Gasteiger partial charge in [0.2, 0.25) is 0 Å². The number of aliphatic hydroxyl groups excluding tert-OH is 1. The van der Waals surface area contributed by atoms with E-state index < -0.39 is 12.0 Å². The largest absolute Gasteiger partial charge is 0.376 e. The van der Waals surface area contributed by atoms with Gasteiger partial charge in [0.15, 0.2) is 5.79 Å². The monoisotopic (exact) mass is 161 g/mol. The number of ether oxygens (including phenoxy) is 2. The summed E-state index contributed by atoms with van der Waals surface area (Å²) < 4.78 is 10.6. The number of rotatable bonds is 1. The molecule has 1 aliphatic heterocycles. The van der Waals surface area contributed by atoms with Crippen LogP contribution in [0.15, 0.2) is 0 Å². The summed E-state index contributed by atoms with van der Waals surface area (Å²) in [5, 5.41) is 9.01. The molecule has 0 aromatic rings. The third-order valence-electron chi connectivity index (χ3n) is 1.67. The zero-order chi connectivity index (χ0) is 8.48. The van der Waals surface area contributed by atoms with Gasteiger partial charge in [-0.25, -0.2) is 0 Å². The molecule has 0 aromatic heterocycles. The average molecular weight is 161 g/mol. The van der Waals surface area contributed by atoms with Gasteiger partial charge in [-0.15, -0.1) is 0 Å². The highest BCUT2D eigenvalue weighted by Crippen LogP contribution is 2.22. The van der Waals surface area contributed by atoms with Crippen molar-refractivity contribution in [1.82, 2.24) is 0 Å². The summed E-state index contributed by atoms with van der Waals surface area (Å²) >= 11 is 0. The van der Waals surface area contributed by atoms with Crippen LogP contribution in [-0.4, -0.2) is 29.8 Å². The van der Waals surface area contributed by atoms with E-state index in [2.05, 4.69) is 0 Å². The fourth-order valence-corrected chi connectivity index (χ4v) is 1.12. The lowest BCUT2D eigenvalue weighted by molar-refractivity contribution is -0.287. The standard InChI is InChI=1S/C7H15NO3/c1-7(2)10-4-3-5(11-7)6(8)9/h5-6,9H,3-4,8H2,1-2H3/t5-,6-/m0/s1. The molecule has 0 spiro atoms. The number of hydrogen-bond acceptors (Lipinski definition) is 4. The van der Waals surface area contributed by atoms with Crippen molar-refractivity contribution >= 4 is 0 Å². The summed E-state index contributed by atoms with van der Waals surface area (Å²) in [5.74, 6) is -0.608. The maximum absolute atomic E-state index is 9.01. The molecule has 0 bridgehead atoms. The van der Waals surface area contributed by atoms with Gasteiger partial charge in [0.05, 0.1) is 6.61 Å². The first kappa shape index (κ1) is 8.93. The van der Waals surface area contributed by atoms with E-state index in [1.807, 2.05) is 13.8 Å². The van der Waals surface area contributed by atoms with Crippen LogP contribution < -0.4 is 5.73 Å². The van der Waals surface area contributed by atoms with Crippen LogP contribution in [0.5, 0.6) is 0 Å². The van der Waals surface area contributed by atoms with Crippen molar-refractivity contribution in [1.29, 1.82) is 0 Å². The third kappa shape index (κ3) is 2.41. The Morgan fingerprint density at radius 1 is 1.64 bits per heavy atom. The van der Waals surface area contributed by atoms with Crippen molar-refractivity contribution < 1.29 is 14.6 Å². The molecule has 3 N–H and O–H groups in total. The Labute approximate surface area is 66.3 Å². The molecule has 0 radical (unpaired) electrons. The Morgan fingerprint density at radius 2 is 2.27 bits per heavy atom. The molecule has 2 atom stereocenters. The summed E-state index contributed by atoms with van der Waals surface area (Å²) in [6.45, 7) is 4.20. The minimum Gasteiger partial charge on any atom is -0.376 e. The van der Waals surface area contributed by atoms with E-state index in [0.29, 0.717) is 13.0 Å². The van der Waals surface area contributed by atoms with Crippen LogP contribution in [0.4, 0.5) is 0 Å². The zero-order valence-corrected chi connectivity index (χ0v) is 6.91. The average Bonchev–Trinajstić information content (AvgIpc) is 1.85. The van der Waals surface area contributed by atoms with Gasteiger partial charge in [0, 0.05) is 6.42 Å². The first-order valence-corrected chi connectivity index (χ1v) is 3.77. The van der Waals surface area contributed by atoms with Crippen molar-refractivity contribution in [2.45, 2.75) is 38.4 Å². The molecule has 1 heterocycles. The fourth-order valence-electron chi connectivity index (χ4n) is 1.12. The minimum atomic E-state index is -0.904. The first-order chi connectivity index (χ1) is 5.01. The van der Waals surface area contributed by atoms with Gasteiger partial charge in [-0.1, -0.05) is 0 Å². The van der Waals surface area contributed by atoms with Crippen LogP contribution in [0.1, 0.15) is 20.3 Å². The summed E-state index contributed by atoms with van der Waals surface area (Å²) in [6.07, 6.45) is -0.543. The van der Waals surface area contributed by atoms with Crippen molar-refractivity contribution in [3.8, 4) is 0 Å². The third-order valence-corrected chi connectivity index (χ3v) is 1.67. The molecule has 66 valence electrons. The number of aliphatic hydroxyl groups is 1. The first-order valence-electron chi connectivity index (χ1n) is 3.77. The quantitative estimate of drug-likeness (QED) is 0.523. The molecule has 0 aromatic carbocycles. The topological polar surface area (TPSA) is 64.7 Å². The molecule has 4 nitrogen and oxygen atoms in total. The second-order valence-electron chi connectivity index (χ2n) is 3.18. The van der Waals surface area contributed by atoms with Crippen molar-refractivity contribution in [3.05, 3.63) is 0 Å². The molecule has 1 saturated heterocycles. The van der Waals surface area contributed by atoms with Gasteiger partial charge in [-0.2, -0.15) is 0 Å². The number of hydrogen-bond donors (Lipinski definition) is 2. The molecule has 1 rings (SSSR count). The van der Waals surface area contributed by atoms with E-state index in [1.54, 1.807) is 0 Å². The van der Waals surface area contributed by atoms with Gasteiger partial charge < -0.3 is 20.3 Å². The summed E-state index contributed by atoms with van der Waals surface area (Å²) in [6, 6.07) is 0. The van der Waals surface area contributed by atoms with Crippen molar-refractivity contribution in [2.24, 2.45) is 5.73 Å². The molecule has 0 amide bonds. The van der Waals surface area contributed by atoms with Crippen LogP contribution in [0, 0.1) is 0 Å².